The van der Waals surface area contributed by atoms with Crippen molar-refractivity contribution in [1.29, 1.82) is 0 Å². The number of imidazole rings is 1. The van der Waals surface area contributed by atoms with Gasteiger partial charge in [0, 0.05) is 35.3 Å². The summed E-state index contributed by atoms with van der Waals surface area (Å²) >= 11 is 1.66. The molecule has 0 saturated carbocycles. The zero-order valence-electron chi connectivity index (χ0n) is 10.7. The van der Waals surface area contributed by atoms with Crippen molar-refractivity contribution in [2.24, 2.45) is 5.92 Å². The third-order valence-corrected chi connectivity index (χ3v) is 4.74. The fourth-order valence-corrected chi connectivity index (χ4v) is 3.51. The van der Waals surface area contributed by atoms with E-state index in [1.807, 2.05) is 24.8 Å². The molecule has 2 aromatic heterocycles. The minimum Gasteiger partial charge on any atom is -0.391 e. The summed E-state index contributed by atoms with van der Waals surface area (Å²) in [5.74, 6) is 0.632. The standard InChI is InChI=1S/C14H18N2O2S/c17-9-12-1-2-14(19-12)13-7-11(3-6-18-13)8-16-5-4-15-10-16/h1-2,4-5,10-11,13,17H,3,6-9H2. The molecule has 1 saturated heterocycles. The normalized spacial score (nSPS) is 23.6. The Bertz CT molecular complexity index is 509. The quantitative estimate of drug-likeness (QED) is 0.935. The Morgan fingerprint density at radius 1 is 1.47 bits per heavy atom. The number of hydrogen-bond acceptors (Lipinski definition) is 4. The van der Waals surface area contributed by atoms with Crippen molar-refractivity contribution in [3.05, 3.63) is 40.6 Å². The summed E-state index contributed by atoms with van der Waals surface area (Å²) in [6, 6.07) is 4.07. The number of rotatable bonds is 4. The fourth-order valence-electron chi connectivity index (χ4n) is 2.58. The largest absolute Gasteiger partial charge is 0.391 e. The molecule has 0 spiro atoms. The molecule has 5 heteroatoms. The van der Waals surface area contributed by atoms with Crippen LogP contribution in [0.1, 0.15) is 28.7 Å². The van der Waals surface area contributed by atoms with Gasteiger partial charge in [0.1, 0.15) is 0 Å². The summed E-state index contributed by atoms with van der Waals surface area (Å²) in [6.07, 6.45) is 8.05. The molecule has 2 aromatic rings. The van der Waals surface area contributed by atoms with Gasteiger partial charge in [-0.3, -0.25) is 0 Å². The maximum Gasteiger partial charge on any atom is 0.0945 e. The lowest BCUT2D eigenvalue weighted by molar-refractivity contribution is -0.0118. The molecule has 1 fully saturated rings. The molecule has 1 aliphatic rings. The summed E-state index contributed by atoms with van der Waals surface area (Å²) in [6.45, 7) is 1.95. The van der Waals surface area contributed by atoms with Crippen LogP contribution in [-0.4, -0.2) is 21.3 Å². The van der Waals surface area contributed by atoms with Crippen molar-refractivity contribution < 1.29 is 9.84 Å². The highest BCUT2D eigenvalue weighted by Crippen LogP contribution is 2.35. The zero-order valence-corrected chi connectivity index (χ0v) is 11.6. The van der Waals surface area contributed by atoms with Crippen LogP contribution >= 0.6 is 11.3 Å². The third kappa shape index (κ3) is 3.05. The molecule has 0 bridgehead atoms. The lowest BCUT2D eigenvalue weighted by Gasteiger charge is -2.29. The van der Waals surface area contributed by atoms with Gasteiger partial charge in [0.25, 0.3) is 0 Å². The van der Waals surface area contributed by atoms with E-state index in [2.05, 4.69) is 15.6 Å². The van der Waals surface area contributed by atoms with E-state index in [1.165, 1.54) is 4.88 Å². The fraction of sp³-hybridized carbons (Fsp3) is 0.500. The van der Waals surface area contributed by atoms with Crippen molar-refractivity contribution in [3.63, 3.8) is 0 Å². The molecule has 0 amide bonds. The molecule has 4 nitrogen and oxygen atoms in total. The van der Waals surface area contributed by atoms with Crippen LogP contribution in [0.5, 0.6) is 0 Å². The van der Waals surface area contributed by atoms with Crippen LogP contribution in [0.3, 0.4) is 0 Å². The molecule has 0 aliphatic carbocycles. The van der Waals surface area contributed by atoms with E-state index in [0.29, 0.717) is 5.92 Å². The van der Waals surface area contributed by atoms with Gasteiger partial charge in [-0.25, -0.2) is 4.98 Å². The average Bonchev–Trinajstić information content (AvgIpc) is 3.09. The molecular formula is C14H18N2O2S. The van der Waals surface area contributed by atoms with E-state index in [-0.39, 0.29) is 12.7 Å². The second kappa shape index (κ2) is 5.86. The van der Waals surface area contributed by atoms with Crippen LogP contribution < -0.4 is 0 Å². The first-order valence-corrected chi connectivity index (χ1v) is 7.43. The Kier molecular flexibility index (Phi) is 3.96. The molecule has 1 N–H and O–H groups in total. The van der Waals surface area contributed by atoms with Gasteiger partial charge in [0.15, 0.2) is 0 Å². The molecule has 19 heavy (non-hydrogen) atoms. The lowest BCUT2D eigenvalue weighted by atomic mass is 9.95. The summed E-state index contributed by atoms with van der Waals surface area (Å²) in [5, 5.41) is 9.13. The summed E-state index contributed by atoms with van der Waals surface area (Å²) in [4.78, 5) is 6.33. The number of nitrogens with zero attached hydrogens (tertiary/aromatic N) is 2. The molecule has 3 rings (SSSR count). The van der Waals surface area contributed by atoms with Gasteiger partial charge in [-0.15, -0.1) is 11.3 Å². The van der Waals surface area contributed by atoms with E-state index in [1.54, 1.807) is 11.3 Å². The van der Waals surface area contributed by atoms with E-state index < -0.39 is 0 Å². The van der Waals surface area contributed by atoms with Crippen LogP contribution in [0.4, 0.5) is 0 Å². The van der Waals surface area contributed by atoms with Gasteiger partial charge >= 0.3 is 0 Å². The topological polar surface area (TPSA) is 47.3 Å². The summed E-state index contributed by atoms with van der Waals surface area (Å²) < 4.78 is 8.01. The number of ether oxygens (including phenoxy) is 1. The van der Waals surface area contributed by atoms with Crippen molar-refractivity contribution in [2.45, 2.75) is 32.1 Å². The Morgan fingerprint density at radius 2 is 2.42 bits per heavy atom. The van der Waals surface area contributed by atoms with Crippen molar-refractivity contribution >= 4 is 11.3 Å². The van der Waals surface area contributed by atoms with Crippen molar-refractivity contribution in [2.75, 3.05) is 6.61 Å². The maximum absolute atomic E-state index is 9.13. The Hall–Kier alpha value is -1.17. The Balaban J connectivity index is 1.64. The van der Waals surface area contributed by atoms with E-state index >= 15 is 0 Å². The third-order valence-electron chi connectivity index (χ3n) is 3.58. The molecule has 2 unspecified atom stereocenters. The van der Waals surface area contributed by atoms with E-state index in [9.17, 15) is 0 Å². The van der Waals surface area contributed by atoms with Crippen molar-refractivity contribution in [3.8, 4) is 0 Å². The molecular weight excluding hydrogens is 260 g/mol. The highest BCUT2D eigenvalue weighted by Gasteiger charge is 2.25. The number of aliphatic hydroxyl groups excluding tert-OH is 1. The van der Waals surface area contributed by atoms with Crippen LogP contribution in [-0.2, 0) is 17.9 Å². The first kappa shape index (κ1) is 12.8. The molecule has 2 atom stereocenters. The van der Waals surface area contributed by atoms with Gasteiger partial charge in [-0.2, -0.15) is 0 Å². The highest BCUT2D eigenvalue weighted by atomic mass is 32.1. The monoisotopic (exact) mass is 278 g/mol. The maximum atomic E-state index is 9.13. The minimum atomic E-state index is 0.121. The van der Waals surface area contributed by atoms with Crippen LogP contribution in [0.2, 0.25) is 0 Å². The van der Waals surface area contributed by atoms with Crippen LogP contribution in [0.25, 0.3) is 0 Å². The summed E-state index contributed by atoms with van der Waals surface area (Å²) in [7, 11) is 0. The second-order valence-electron chi connectivity index (χ2n) is 4.97. The molecule has 1 aliphatic heterocycles. The van der Waals surface area contributed by atoms with Crippen LogP contribution in [0.15, 0.2) is 30.9 Å². The van der Waals surface area contributed by atoms with Gasteiger partial charge < -0.3 is 14.4 Å². The van der Waals surface area contributed by atoms with Gasteiger partial charge in [0.05, 0.1) is 19.0 Å². The number of aliphatic hydroxyl groups is 1. The van der Waals surface area contributed by atoms with Gasteiger partial charge in [-0.05, 0) is 30.9 Å². The highest BCUT2D eigenvalue weighted by molar-refractivity contribution is 7.12. The molecule has 0 radical (unpaired) electrons. The predicted molar refractivity (Wildman–Crippen MR) is 73.9 cm³/mol. The molecule has 0 aromatic carbocycles. The first-order valence-electron chi connectivity index (χ1n) is 6.62. The number of hydrogen-bond donors (Lipinski definition) is 1. The zero-order chi connectivity index (χ0) is 13.1. The Labute approximate surface area is 116 Å². The smallest absolute Gasteiger partial charge is 0.0945 e. The first-order chi connectivity index (χ1) is 9.35. The van der Waals surface area contributed by atoms with E-state index in [4.69, 9.17) is 9.84 Å². The number of aromatic nitrogens is 2. The predicted octanol–water partition coefficient (Wildman–Crippen LogP) is 2.60. The van der Waals surface area contributed by atoms with Crippen LogP contribution in [0, 0.1) is 5.92 Å². The average molecular weight is 278 g/mol. The lowest BCUT2D eigenvalue weighted by Crippen LogP contribution is -2.22. The minimum absolute atomic E-state index is 0.121. The van der Waals surface area contributed by atoms with E-state index in [0.717, 1.165) is 30.9 Å². The van der Waals surface area contributed by atoms with Gasteiger partial charge in [0.2, 0.25) is 0 Å². The number of thiophene rings is 1. The van der Waals surface area contributed by atoms with Crippen molar-refractivity contribution in [1.82, 2.24) is 9.55 Å². The second-order valence-corrected chi connectivity index (χ2v) is 6.17. The van der Waals surface area contributed by atoms with Gasteiger partial charge in [-0.1, -0.05) is 0 Å². The Morgan fingerprint density at radius 3 is 3.16 bits per heavy atom. The molecule has 102 valence electrons. The SMILES string of the molecule is OCc1ccc(C2CC(Cn3ccnc3)CCO2)s1. The molecule has 3 heterocycles. The summed E-state index contributed by atoms with van der Waals surface area (Å²) in [5.41, 5.74) is 0.